The quantitative estimate of drug-likeness (QED) is 0.497. The average molecular weight is 549 g/mol. The zero-order valence-corrected chi connectivity index (χ0v) is 23.1. The molecule has 4 atom stereocenters. The summed E-state index contributed by atoms with van der Waals surface area (Å²) in [5.41, 5.74) is 2.94. The van der Waals surface area contributed by atoms with Crippen LogP contribution in [0.1, 0.15) is 47.2 Å². The van der Waals surface area contributed by atoms with E-state index in [-0.39, 0.29) is 49.1 Å². The van der Waals surface area contributed by atoms with Crippen LogP contribution in [0, 0.1) is 12.8 Å². The highest BCUT2D eigenvalue weighted by Crippen LogP contribution is 2.37. The van der Waals surface area contributed by atoms with Gasteiger partial charge in [0.15, 0.2) is 0 Å². The lowest BCUT2D eigenvalue weighted by atomic mass is 9.78. The van der Waals surface area contributed by atoms with Crippen molar-refractivity contribution in [3.8, 4) is 0 Å². The number of amides is 5. The lowest BCUT2D eigenvalue weighted by Gasteiger charge is -2.49. The Balaban J connectivity index is 1.35. The Kier molecular flexibility index (Phi) is 8.18. The van der Waals surface area contributed by atoms with Crippen LogP contribution < -0.4 is 10.6 Å². The van der Waals surface area contributed by atoms with E-state index in [1.165, 1.54) is 9.80 Å². The molecule has 0 radical (unpaired) electrons. The summed E-state index contributed by atoms with van der Waals surface area (Å²) in [6.45, 7) is 1.79. The Hall–Kier alpha value is -3.76. The topological polar surface area (TPSA) is 117 Å². The number of methoxy groups -OCH3 is 2. The van der Waals surface area contributed by atoms with Gasteiger partial charge in [-0.05, 0) is 62.4 Å². The minimum atomic E-state index is -0.537. The number of carbonyl (C=O) groups excluding carboxylic acids is 4. The third-order valence-electron chi connectivity index (χ3n) is 8.02. The molecule has 2 aromatic carbocycles. The predicted octanol–water partition coefficient (Wildman–Crippen LogP) is 3.10. The third kappa shape index (κ3) is 6.03. The molecule has 4 unspecified atom stereocenters. The molecule has 212 valence electrons. The van der Waals surface area contributed by atoms with Gasteiger partial charge in [0.05, 0.1) is 24.7 Å². The van der Waals surface area contributed by atoms with E-state index >= 15 is 0 Å². The molecule has 1 aliphatic heterocycles. The third-order valence-corrected chi connectivity index (χ3v) is 8.02. The van der Waals surface area contributed by atoms with Crippen LogP contribution in [0.15, 0.2) is 48.5 Å². The van der Waals surface area contributed by atoms with Crippen LogP contribution in [0.2, 0.25) is 0 Å². The van der Waals surface area contributed by atoms with Gasteiger partial charge in [0.2, 0.25) is 11.8 Å². The number of anilines is 1. The van der Waals surface area contributed by atoms with Crippen molar-refractivity contribution >= 4 is 29.4 Å². The van der Waals surface area contributed by atoms with Crippen molar-refractivity contribution in [2.75, 3.05) is 26.1 Å². The second kappa shape index (κ2) is 11.8. The number of hydrogen-bond donors (Lipinski definition) is 2. The van der Waals surface area contributed by atoms with Gasteiger partial charge >= 0.3 is 6.03 Å². The first kappa shape index (κ1) is 27.8. The van der Waals surface area contributed by atoms with Gasteiger partial charge in [-0.25, -0.2) is 4.79 Å². The SMILES string of the molecule is COC1CC2C(=O)N(Cc3ccc(C(=O)NC4CC4)cc3)C(=O)N(CC(=O)Nc3ccc(C)cc3)C2CC1OC. The van der Waals surface area contributed by atoms with Crippen molar-refractivity contribution in [2.24, 2.45) is 5.92 Å². The van der Waals surface area contributed by atoms with Gasteiger partial charge in [0.1, 0.15) is 6.54 Å². The zero-order valence-electron chi connectivity index (χ0n) is 23.1. The molecule has 2 aliphatic carbocycles. The lowest BCUT2D eigenvalue weighted by Crippen LogP contribution is -2.66. The van der Waals surface area contributed by atoms with Crippen molar-refractivity contribution < 1.29 is 28.7 Å². The highest BCUT2D eigenvalue weighted by Gasteiger charge is 2.52. The molecule has 2 aromatic rings. The maximum Gasteiger partial charge on any atom is 0.327 e. The van der Waals surface area contributed by atoms with E-state index in [0.717, 1.165) is 18.4 Å². The maximum absolute atomic E-state index is 13.8. The van der Waals surface area contributed by atoms with E-state index in [9.17, 15) is 19.2 Å². The summed E-state index contributed by atoms with van der Waals surface area (Å²) >= 11 is 0. The van der Waals surface area contributed by atoms with Crippen molar-refractivity contribution in [2.45, 2.75) is 63.4 Å². The van der Waals surface area contributed by atoms with Gasteiger partial charge in [-0.15, -0.1) is 0 Å². The van der Waals surface area contributed by atoms with E-state index < -0.39 is 18.0 Å². The fraction of sp³-hybridized carbons (Fsp3) is 0.467. The number of aryl methyl sites for hydroxylation is 1. The molecule has 0 bridgehead atoms. The highest BCUT2D eigenvalue weighted by atomic mass is 16.5. The molecular formula is C30H36N4O6. The number of nitrogens with zero attached hydrogens (tertiary/aromatic N) is 2. The van der Waals surface area contributed by atoms with Crippen LogP contribution in [0.25, 0.3) is 0 Å². The summed E-state index contributed by atoms with van der Waals surface area (Å²) in [6, 6.07) is 13.6. The Morgan fingerprint density at radius 2 is 1.57 bits per heavy atom. The van der Waals surface area contributed by atoms with Crippen molar-refractivity contribution in [3.05, 3.63) is 65.2 Å². The summed E-state index contributed by atoms with van der Waals surface area (Å²) in [7, 11) is 3.17. The van der Waals surface area contributed by atoms with Gasteiger partial charge in [-0.1, -0.05) is 29.8 Å². The van der Waals surface area contributed by atoms with Crippen molar-refractivity contribution in [1.29, 1.82) is 0 Å². The molecule has 40 heavy (non-hydrogen) atoms. The second-order valence-corrected chi connectivity index (χ2v) is 10.9. The predicted molar refractivity (Wildman–Crippen MR) is 147 cm³/mol. The Bertz CT molecular complexity index is 1260. The number of nitrogens with one attached hydrogen (secondary N) is 2. The maximum atomic E-state index is 13.8. The first-order valence-electron chi connectivity index (χ1n) is 13.7. The Morgan fingerprint density at radius 1 is 0.925 bits per heavy atom. The summed E-state index contributed by atoms with van der Waals surface area (Å²) < 4.78 is 11.3. The molecule has 5 rings (SSSR count). The number of carbonyl (C=O) groups is 4. The van der Waals surface area contributed by atoms with Gasteiger partial charge in [0.25, 0.3) is 5.91 Å². The van der Waals surface area contributed by atoms with E-state index in [1.807, 2.05) is 31.2 Å². The van der Waals surface area contributed by atoms with Crippen LogP contribution in [0.4, 0.5) is 10.5 Å². The van der Waals surface area contributed by atoms with Crippen LogP contribution in [0.5, 0.6) is 0 Å². The monoisotopic (exact) mass is 548 g/mol. The molecule has 5 amide bonds. The average Bonchev–Trinajstić information content (AvgIpc) is 3.78. The zero-order chi connectivity index (χ0) is 28.4. The number of fused-ring (bicyclic) bond motifs is 1. The fourth-order valence-corrected chi connectivity index (χ4v) is 5.57. The molecule has 3 aliphatic rings. The summed E-state index contributed by atoms with van der Waals surface area (Å²) in [5, 5.41) is 5.81. The van der Waals surface area contributed by atoms with E-state index in [1.54, 1.807) is 38.5 Å². The van der Waals surface area contributed by atoms with Gasteiger partial charge in [-0.2, -0.15) is 0 Å². The molecule has 1 heterocycles. The Morgan fingerprint density at radius 3 is 2.20 bits per heavy atom. The minimum absolute atomic E-state index is 0.0346. The largest absolute Gasteiger partial charge is 0.379 e. The molecule has 0 aromatic heterocycles. The van der Waals surface area contributed by atoms with Gasteiger partial charge in [-0.3, -0.25) is 19.3 Å². The number of rotatable bonds is 9. The lowest BCUT2D eigenvalue weighted by molar-refractivity contribution is -0.152. The van der Waals surface area contributed by atoms with Crippen molar-refractivity contribution in [3.63, 3.8) is 0 Å². The van der Waals surface area contributed by atoms with Crippen LogP contribution >= 0.6 is 0 Å². The fourth-order valence-electron chi connectivity index (χ4n) is 5.57. The summed E-state index contributed by atoms with van der Waals surface area (Å²) in [6.07, 6.45) is 2.14. The minimum Gasteiger partial charge on any atom is -0.379 e. The second-order valence-electron chi connectivity index (χ2n) is 10.9. The van der Waals surface area contributed by atoms with Gasteiger partial charge in [0, 0.05) is 37.6 Å². The summed E-state index contributed by atoms with van der Waals surface area (Å²) in [5.74, 6) is -1.31. The number of benzene rings is 2. The molecule has 0 spiro atoms. The molecule has 2 saturated carbocycles. The first-order chi connectivity index (χ1) is 19.3. The Labute approximate surface area is 234 Å². The molecule has 10 nitrogen and oxygen atoms in total. The van der Waals surface area contributed by atoms with E-state index in [0.29, 0.717) is 29.7 Å². The number of hydrogen-bond acceptors (Lipinski definition) is 6. The van der Waals surface area contributed by atoms with Crippen LogP contribution in [-0.2, 0) is 25.6 Å². The molecule has 2 N–H and O–H groups in total. The standard InChI is InChI=1S/C30H36N4O6/c1-18-4-10-21(11-5-18)31-27(35)17-33-24-15-26(40-3)25(39-2)14-23(24)29(37)34(30(33)38)16-19-6-8-20(9-7-19)28(36)32-22-12-13-22/h4-11,22-26H,12-17H2,1-3H3,(H,31,35)(H,32,36). The van der Waals surface area contributed by atoms with Crippen molar-refractivity contribution in [1.82, 2.24) is 15.1 Å². The molecule has 10 heteroatoms. The first-order valence-corrected chi connectivity index (χ1v) is 13.7. The van der Waals surface area contributed by atoms with Crippen LogP contribution in [0.3, 0.4) is 0 Å². The summed E-state index contributed by atoms with van der Waals surface area (Å²) in [4.78, 5) is 55.6. The van der Waals surface area contributed by atoms with Gasteiger partial charge < -0.3 is 25.0 Å². The highest BCUT2D eigenvalue weighted by molar-refractivity contribution is 6.01. The molecule has 3 fully saturated rings. The smallest absolute Gasteiger partial charge is 0.327 e. The molecular weight excluding hydrogens is 512 g/mol. The normalized spacial score (nSPS) is 24.5. The van der Waals surface area contributed by atoms with E-state index in [4.69, 9.17) is 9.47 Å². The van der Waals surface area contributed by atoms with Crippen LogP contribution in [-0.4, -0.2) is 78.6 Å². The molecule has 1 saturated heterocycles. The van der Waals surface area contributed by atoms with E-state index in [2.05, 4.69) is 10.6 Å². The number of ether oxygens (including phenoxy) is 2. The number of urea groups is 1. The number of imide groups is 1.